The van der Waals surface area contributed by atoms with Gasteiger partial charge in [-0.1, -0.05) is 0 Å². The summed E-state index contributed by atoms with van der Waals surface area (Å²) in [5, 5.41) is 4.44. The smallest absolute Gasteiger partial charge is 0.274 e. The number of nitrogens with zero attached hydrogens (tertiary/aromatic N) is 3. The molecule has 1 aliphatic heterocycles. The highest BCUT2D eigenvalue weighted by molar-refractivity contribution is 5.93. The molecular formula is C16H21F2N3O. The first-order chi connectivity index (χ1) is 10.3. The van der Waals surface area contributed by atoms with Gasteiger partial charge in [-0.05, 0) is 45.1 Å². The second-order valence-corrected chi connectivity index (χ2v) is 7.34. The van der Waals surface area contributed by atoms with Crippen LogP contribution < -0.4 is 0 Å². The molecule has 1 amide bonds. The lowest BCUT2D eigenvalue weighted by Gasteiger charge is -2.59. The van der Waals surface area contributed by atoms with E-state index in [0.717, 1.165) is 5.69 Å². The van der Waals surface area contributed by atoms with Crippen molar-refractivity contribution in [2.45, 2.75) is 51.5 Å². The van der Waals surface area contributed by atoms with E-state index in [0.29, 0.717) is 24.1 Å². The highest BCUT2D eigenvalue weighted by Gasteiger charge is 2.67. The van der Waals surface area contributed by atoms with Crippen molar-refractivity contribution in [2.24, 2.45) is 11.3 Å². The van der Waals surface area contributed by atoms with E-state index in [1.165, 1.54) is 17.7 Å². The fraction of sp³-hybridized carbons (Fsp3) is 0.750. The highest BCUT2D eigenvalue weighted by Crippen LogP contribution is 2.59. The minimum absolute atomic E-state index is 0.0400. The molecule has 1 unspecified atom stereocenters. The molecule has 2 saturated carbocycles. The molecule has 0 N–H and O–H groups in total. The van der Waals surface area contributed by atoms with Crippen LogP contribution in [-0.2, 0) is 0 Å². The van der Waals surface area contributed by atoms with Crippen LogP contribution in [0, 0.1) is 18.3 Å². The fourth-order valence-corrected chi connectivity index (χ4v) is 3.83. The summed E-state index contributed by atoms with van der Waals surface area (Å²) < 4.78 is 29.1. The van der Waals surface area contributed by atoms with Crippen molar-refractivity contribution < 1.29 is 13.6 Å². The van der Waals surface area contributed by atoms with Crippen LogP contribution in [0.5, 0.6) is 0 Å². The zero-order valence-electron chi connectivity index (χ0n) is 13.0. The third-order valence-electron chi connectivity index (χ3n) is 5.80. The standard InChI is InChI=1S/C16H21F2N3O/c1-10-7-13(19-21(10)11(2)12-3-4-12)14(22)20-8-15(9-20)5-6-16(15,17)18/h7,11-12H,3-6,8-9H2,1-2H3. The molecule has 1 aromatic heterocycles. The Balaban J connectivity index is 1.47. The molecule has 3 fully saturated rings. The van der Waals surface area contributed by atoms with Crippen molar-refractivity contribution in [1.82, 2.24) is 14.7 Å². The quantitative estimate of drug-likeness (QED) is 0.861. The van der Waals surface area contributed by atoms with Crippen LogP contribution in [0.3, 0.4) is 0 Å². The Morgan fingerprint density at radius 1 is 1.36 bits per heavy atom. The van der Waals surface area contributed by atoms with Crippen molar-refractivity contribution in [1.29, 1.82) is 0 Å². The van der Waals surface area contributed by atoms with Gasteiger partial charge in [0.05, 0.1) is 11.5 Å². The van der Waals surface area contributed by atoms with E-state index >= 15 is 0 Å². The monoisotopic (exact) mass is 309 g/mol. The Kier molecular flexibility index (Phi) is 2.76. The van der Waals surface area contributed by atoms with Crippen LogP contribution in [0.25, 0.3) is 0 Å². The number of aromatic nitrogens is 2. The van der Waals surface area contributed by atoms with Crippen LogP contribution in [0.1, 0.15) is 54.8 Å². The van der Waals surface area contributed by atoms with E-state index in [2.05, 4.69) is 12.0 Å². The first-order valence-electron chi connectivity index (χ1n) is 8.06. The third kappa shape index (κ3) is 1.85. The number of carbonyl (C=O) groups excluding carboxylic acids is 1. The van der Waals surface area contributed by atoms with E-state index in [4.69, 9.17) is 0 Å². The predicted molar refractivity (Wildman–Crippen MR) is 76.9 cm³/mol. The Hall–Kier alpha value is -1.46. The summed E-state index contributed by atoms with van der Waals surface area (Å²) in [7, 11) is 0. The molecule has 6 heteroatoms. The van der Waals surface area contributed by atoms with Crippen LogP contribution >= 0.6 is 0 Å². The van der Waals surface area contributed by atoms with Crippen LogP contribution in [0.2, 0.25) is 0 Å². The average Bonchev–Trinajstić information content (AvgIpc) is 3.18. The number of hydrogen-bond donors (Lipinski definition) is 0. The number of aryl methyl sites for hydroxylation is 1. The molecule has 4 nitrogen and oxygen atoms in total. The second kappa shape index (κ2) is 4.30. The Morgan fingerprint density at radius 2 is 2.05 bits per heavy atom. The van der Waals surface area contributed by atoms with Gasteiger partial charge in [0.25, 0.3) is 11.8 Å². The summed E-state index contributed by atoms with van der Waals surface area (Å²) >= 11 is 0. The van der Waals surface area contributed by atoms with E-state index in [1.54, 1.807) is 6.07 Å². The van der Waals surface area contributed by atoms with Gasteiger partial charge in [-0.3, -0.25) is 9.48 Å². The molecule has 0 bridgehead atoms. The fourth-order valence-electron chi connectivity index (χ4n) is 3.83. The lowest BCUT2D eigenvalue weighted by atomic mass is 9.60. The number of hydrogen-bond acceptors (Lipinski definition) is 2. The van der Waals surface area contributed by atoms with Crippen LogP contribution in [-0.4, -0.2) is 39.6 Å². The maximum absolute atomic E-state index is 13.6. The molecule has 1 spiro atoms. The summed E-state index contributed by atoms with van der Waals surface area (Å²) in [4.78, 5) is 14.0. The van der Waals surface area contributed by atoms with Crippen LogP contribution in [0.4, 0.5) is 8.78 Å². The number of carbonyl (C=O) groups is 1. The zero-order chi connectivity index (χ0) is 15.7. The largest absolute Gasteiger partial charge is 0.336 e. The van der Waals surface area contributed by atoms with Crippen molar-refractivity contribution in [3.8, 4) is 0 Å². The first kappa shape index (κ1) is 14.2. The molecule has 4 rings (SSSR count). The predicted octanol–water partition coefficient (Wildman–Crippen LogP) is 3.03. The summed E-state index contributed by atoms with van der Waals surface area (Å²) in [6, 6.07) is 2.09. The van der Waals surface area contributed by atoms with Gasteiger partial charge >= 0.3 is 0 Å². The Morgan fingerprint density at radius 3 is 2.55 bits per heavy atom. The van der Waals surface area contributed by atoms with Gasteiger partial charge in [-0.15, -0.1) is 0 Å². The minimum Gasteiger partial charge on any atom is -0.336 e. The van der Waals surface area contributed by atoms with E-state index in [1.807, 2.05) is 11.6 Å². The van der Waals surface area contributed by atoms with Crippen molar-refractivity contribution in [3.05, 3.63) is 17.5 Å². The number of rotatable bonds is 3. The summed E-state index contributed by atoms with van der Waals surface area (Å²) in [6.45, 7) is 4.41. The summed E-state index contributed by atoms with van der Waals surface area (Å²) in [6.07, 6.45) is 2.92. The molecule has 3 aliphatic rings. The minimum atomic E-state index is -2.60. The van der Waals surface area contributed by atoms with Gasteiger partial charge in [0, 0.05) is 25.2 Å². The second-order valence-electron chi connectivity index (χ2n) is 7.34. The molecule has 0 radical (unpaired) electrons. The van der Waals surface area contributed by atoms with Crippen molar-refractivity contribution in [2.75, 3.05) is 13.1 Å². The van der Waals surface area contributed by atoms with Gasteiger partial charge in [0.15, 0.2) is 5.69 Å². The first-order valence-corrected chi connectivity index (χ1v) is 8.06. The van der Waals surface area contributed by atoms with E-state index < -0.39 is 11.3 Å². The number of alkyl halides is 2. The van der Waals surface area contributed by atoms with E-state index in [9.17, 15) is 13.6 Å². The maximum atomic E-state index is 13.6. The molecule has 0 aromatic carbocycles. The molecule has 2 aliphatic carbocycles. The molecule has 120 valence electrons. The molecule has 1 atom stereocenters. The van der Waals surface area contributed by atoms with Gasteiger partial charge in [0.2, 0.25) is 0 Å². The van der Waals surface area contributed by atoms with Gasteiger partial charge in [-0.2, -0.15) is 5.10 Å². The highest BCUT2D eigenvalue weighted by atomic mass is 19.3. The van der Waals surface area contributed by atoms with E-state index in [-0.39, 0.29) is 25.4 Å². The molecule has 1 aromatic rings. The van der Waals surface area contributed by atoms with Crippen LogP contribution in [0.15, 0.2) is 6.07 Å². The average molecular weight is 309 g/mol. The number of likely N-dealkylation sites (tertiary alicyclic amines) is 1. The van der Waals surface area contributed by atoms with Gasteiger partial charge < -0.3 is 4.90 Å². The molecule has 1 saturated heterocycles. The number of halogens is 2. The molecule has 22 heavy (non-hydrogen) atoms. The Bertz CT molecular complexity index is 629. The summed E-state index contributed by atoms with van der Waals surface area (Å²) in [5.74, 6) is -2.15. The van der Waals surface area contributed by atoms with Gasteiger partial charge in [0.1, 0.15) is 0 Å². The van der Waals surface area contributed by atoms with Crippen molar-refractivity contribution in [3.63, 3.8) is 0 Å². The maximum Gasteiger partial charge on any atom is 0.274 e. The lowest BCUT2D eigenvalue weighted by Crippen LogP contribution is -2.70. The lowest BCUT2D eigenvalue weighted by molar-refractivity contribution is -0.248. The van der Waals surface area contributed by atoms with Gasteiger partial charge in [-0.25, -0.2) is 8.78 Å². The SMILES string of the molecule is Cc1cc(C(=O)N2CC3(CCC3(F)F)C2)nn1C(C)C1CC1. The third-order valence-corrected chi connectivity index (χ3v) is 5.80. The zero-order valence-corrected chi connectivity index (χ0v) is 13.0. The normalized spacial score (nSPS) is 26.5. The Labute approximate surface area is 128 Å². The van der Waals surface area contributed by atoms with Crippen molar-refractivity contribution >= 4 is 5.91 Å². The molecule has 2 heterocycles. The number of amides is 1. The topological polar surface area (TPSA) is 38.1 Å². The summed E-state index contributed by atoms with van der Waals surface area (Å²) in [5.41, 5.74) is 0.413. The molecular weight excluding hydrogens is 288 g/mol.